The average molecular weight is 343 g/mol. The van der Waals surface area contributed by atoms with Gasteiger partial charge in [0.05, 0.1) is 17.6 Å². The van der Waals surface area contributed by atoms with Crippen molar-refractivity contribution in [1.82, 2.24) is 9.55 Å². The molecule has 4 heteroatoms. The lowest BCUT2D eigenvalue weighted by molar-refractivity contribution is 0.301. The van der Waals surface area contributed by atoms with Crippen molar-refractivity contribution in [1.29, 1.82) is 0 Å². The summed E-state index contributed by atoms with van der Waals surface area (Å²) in [5.74, 6) is 2.41. The van der Waals surface area contributed by atoms with Gasteiger partial charge in [-0.05, 0) is 49.2 Å². The minimum absolute atomic E-state index is 0.400. The second-order valence-corrected chi connectivity index (χ2v) is 6.79. The summed E-state index contributed by atoms with van der Waals surface area (Å²) in [7, 11) is 0. The molecule has 1 heterocycles. The molecule has 126 valence electrons. The third-order valence-corrected chi connectivity index (χ3v) is 4.55. The Balaban J connectivity index is 1.67. The Morgan fingerprint density at radius 2 is 1.96 bits per heavy atom. The molecule has 0 radical (unpaired) electrons. The third-order valence-electron chi connectivity index (χ3n) is 4.12. The molecule has 0 bridgehead atoms. The van der Waals surface area contributed by atoms with Crippen molar-refractivity contribution < 1.29 is 4.74 Å². The maximum absolute atomic E-state index is 6.05. The molecule has 2 aromatic carbocycles. The lowest BCUT2D eigenvalue weighted by atomic mass is 10.2. The molecule has 0 saturated heterocycles. The predicted molar refractivity (Wildman–Crippen MR) is 100 cm³/mol. The normalized spacial score (nSPS) is 11.4. The molecule has 0 unspecified atom stereocenters. The second-order valence-electron chi connectivity index (χ2n) is 6.38. The largest absolute Gasteiger partial charge is 0.494 e. The highest BCUT2D eigenvalue weighted by molar-refractivity contribution is 6.31. The van der Waals surface area contributed by atoms with Crippen molar-refractivity contribution in [3.63, 3.8) is 0 Å². The number of imidazole rings is 1. The molecule has 0 fully saturated rings. The third kappa shape index (κ3) is 3.57. The summed E-state index contributed by atoms with van der Waals surface area (Å²) >= 11 is 6.05. The van der Waals surface area contributed by atoms with Crippen molar-refractivity contribution in [2.75, 3.05) is 6.61 Å². The van der Waals surface area contributed by atoms with Crippen LogP contribution in [0.1, 0.15) is 37.6 Å². The minimum Gasteiger partial charge on any atom is -0.494 e. The molecule has 0 amide bonds. The lowest BCUT2D eigenvalue weighted by Gasteiger charge is -2.12. The van der Waals surface area contributed by atoms with E-state index in [0.717, 1.165) is 40.6 Å². The molecule has 3 aromatic rings. The van der Waals surface area contributed by atoms with Crippen LogP contribution in [0.25, 0.3) is 11.0 Å². The highest BCUT2D eigenvalue weighted by atomic mass is 35.5. The van der Waals surface area contributed by atoms with Gasteiger partial charge in [0, 0.05) is 17.5 Å². The highest BCUT2D eigenvalue weighted by Crippen LogP contribution is 2.23. The Morgan fingerprint density at radius 3 is 2.71 bits per heavy atom. The monoisotopic (exact) mass is 342 g/mol. The van der Waals surface area contributed by atoms with E-state index in [-0.39, 0.29) is 0 Å². The highest BCUT2D eigenvalue weighted by Gasteiger charge is 2.12. The molecule has 0 atom stereocenters. The maximum atomic E-state index is 6.05. The molecule has 0 aliphatic heterocycles. The Kier molecular flexibility index (Phi) is 5.10. The number of rotatable bonds is 6. The molecular weight excluding hydrogens is 320 g/mol. The van der Waals surface area contributed by atoms with E-state index in [2.05, 4.69) is 36.6 Å². The van der Waals surface area contributed by atoms with Crippen molar-refractivity contribution in [3.05, 3.63) is 58.9 Å². The number of ether oxygens (including phenoxy) is 1. The van der Waals surface area contributed by atoms with Gasteiger partial charge in [-0.1, -0.05) is 37.6 Å². The first-order valence-corrected chi connectivity index (χ1v) is 8.78. The summed E-state index contributed by atoms with van der Waals surface area (Å²) in [6, 6.07) is 14.1. The van der Waals surface area contributed by atoms with Gasteiger partial charge in [0.15, 0.2) is 0 Å². The Morgan fingerprint density at radius 1 is 1.17 bits per heavy atom. The summed E-state index contributed by atoms with van der Waals surface area (Å²) in [4.78, 5) is 4.78. The summed E-state index contributed by atoms with van der Waals surface area (Å²) < 4.78 is 8.18. The molecule has 0 saturated carbocycles. The Hall–Kier alpha value is -2.00. The number of nitrogens with zero attached hydrogens (tertiary/aromatic N) is 2. The maximum Gasteiger partial charge on any atom is 0.119 e. The van der Waals surface area contributed by atoms with Gasteiger partial charge in [0.2, 0.25) is 0 Å². The van der Waals surface area contributed by atoms with Crippen molar-refractivity contribution in [3.8, 4) is 5.75 Å². The van der Waals surface area contributed by atoms with Gasteiger partial charge in [-0.3, -0.25) is 0 Å². The van der Waals surface area contributed by atoms with Gasteiger partial charge >= 0.3 is 0 Å². The van der Waals surface area contributed by atoms with Crippen LogP contribution in [-0.4, -0.2) is 16.2 Å². The predicted octanol–water partition coefficient (Wildman–Crippen LogP) is 5.59. The number of benzene rings is 2. The fraction of sp³-hybridized carbons (Fsp3) is 0.350. The standard InChI is InChI=1S/C20H23ClN2O/c1-14(2)20-22-18-7-4-5-8-19(18)23(20)11-6-12-24-16-9-10-17(21)15(3)13-16/h4-5,7-10,13-14H,6,11-12H2,1-3H3. The number of para-hydroxylation sites is 2. The van der Waals surface area contributed by atoms with E-state index in [0.29, 0.717) is 12.5 Å². The van der Waals surface area contributed by atoms with Crippen LogP contribution >= 0.6 is 11.6 Å². The topological polar surface area (TPSA) is 27.1 Å². The molecule has 0 spiro atoms. The molecule has 0 aliphatic carbocycles. The van der Waals surface area contributed by atoms with Crippen molar-refractivity contribution in [2.24, 2.45) is 0 Å². The van der Waals surface area contributed by atoms with Crippen LogP contribution in [0.5, 0.6) is 5.75 Å². The summed E-state index contributed by atoms with van der Waals surface area (Å²) in [5.41, 5.74) is 3.30. The fourth-order valence-electron chi connectivity index (χ4n) is 2.89. The van der Waals surface area contributed by atoms with Crippen LogP contribution in [0.3, 0.4) is 0 Å². The van der Waals surface area contributed by atoms with Crippen LogP contribution in [-0.2, 0) is 6.54 Å². The molecule has 3 rings (SSSR count). The SMILES string of the molecule is Cc1cc(OCCCn2c(C(C)C)nc3ccccc32)ccc1Cl. The van der Waals surface area contributed by atoms with Gasteiger partial charge in [0.1, 0.15) is 11.6 Å². The van der Waals surface area contributed by atoms with Crippen molar-refractivity contribution in [2.45, 2.75) is 39.7 Å². The first kappa shape index (κ1) is 16.8. The van der Waals surface area contributed by atoms with Crippen LogP contribution in [0.15, 0.2) is 42.5 Å². The van der Waals surface area contributed by atoms with Gasteiger partial charge in [-0.2, -0.15) is 0 Å². The number of aromatic nitrogens is 2. The first-order valence-electron chi connectivity index (χ1n) is 8.40. The second kappa shape index (κ2) is 7.27. The molecule has 0 aliphatic rings. The molecule has 0 N–H and O–H groups in total. The van der Waals surface area contributed by atoms with Crippen LogP contribution in [0.2, 0.25) is 5.02 Å². The average Bonchev–Trinajstić information content (AvgIpc) is 2.94. The quantitative estimate of drug-likeness (QED) is 0.546. The summed E-state index contributed by atoms with van der Waals surface area (Å²) in [5, 5.41) is 0.772. The van der Waals surface area contributed by atoms with E-state index in [1.54, 1.807) is 0 Å². The van der Waals surface area contributed by atoms with Gasteiger partial charge in [-0.25, -0.2) is 4.98 Å². The van der Waals surface area contributed by atoms with Crippen LogP contribution in [0.4, 0.5) is 0 Å². The van der Waals surface area contributed by atoms with Crippen LogP contribution in [0, 0.1) is 6.92 Å². The first-order chi connectivity index (χ1) is 11.6. The van der Waals surface area contributed by atoms with E-state index in [4.69, 9.17) is 21.3 Å². The number of halogens is 1. The van der Waals surface area contributed by atoms with Crippen molar-refractivity contribution >= 4 is 22.6 Å². The zero-order chi connectivity index (χ0) is 17.1. The van der Waals surface area contributed by atoms with E-state index in [1.807, 2.05) is 31.2 Å². The zero-order valence-corrected chi connectivity index (χ0v) is 15.2. The van der Waals surface area contributed by atoms with E-state index < -0.39 is 0 Å². The number of aryl methyl sites for hydroxylation is 2. The minimum atomic E-state index is 0.400. The summed E-state index contributed by atoms with van der Waals surface area (Å²) in [6.45, 7) is 7.93. The number of hydrogen-bond acceptors (Lipinski definition) is 2. The van der Waals surface area contributed by atoms with Gasteiger partial charge in [-0.15, -0.1) is 0 Å². The van der Waals surface area contributed by atoms with E-state index in [1.165, 1.54) is 5.52 Å². The van der Waals surface area contributed by atoms with Gasteiger partial charge in [0.25, 0.3) is 0 Å². The van der Waals surface area contributed by atoms with E-state index >= 15 is 0 Å². The lowest BCUT2D eigenvalue weighted by Crippen LogP contribution is -2.09. The van der Waals surface area contributed by atoms with E-state index in [9.17, 15) is 0 Å². The summed E-state index contributed by atoms with van der Waals surface area (Å²) in [6.07, 6.45) is 0.932. The fourth-order valence-corrected chi connectivity index (χ4v) is 3.01. The van der Waals surface area contributed by atoms with Gasteiger partial charge < -0.3 is 9.30 Å². The molecule has 24 heavy (non-hydrogen) atoms. The van der Waals surface area contributed by atoms with Crippen LogP contribution < -0.4 is 4.74 Å². The zero-order valence-electron chi connectivity index (χ0n) is 14.4. The molecule has 3 nitrogen and oxygen atoms in total. The number of hydrogen-bond donors (Lipinski definition) is 0. The molecular formula is C20H23ClN2O. The number of fused-ring (bicyclic) bond motifs is 1. The smallest absolute Gasteiger partial charge is 0.119 e. The molecule has 1 aromatic heterocycles. The Labute approximate surface area is 148 Å². The Bertz CT molecular complexity index is 839.